The number of nitrogens with one attached hydrogen (secondary N) is 1. The zero-order valence-electron chi connectivity index (χ0n) is 9.28. The third kappa shape index (κ3) is 2.50. The van der Waals surface area contributed by atoms with Gasteiger partial charge < -0.3 is 4.98 Å². The van der Waals surface area contributed by atoms with Crippen molar-refractivity contribution in [3.63, 3.8) is 0 Å². The Morgan fingerprint density at radius 1 is 1.40 bits per heavy atom. The summed E-state index contributed by atoms with van der Waals surface area (Å²) in [4.78, 5) is 16.5. The molecule has 15 heavy (non-hydrogen) atoms. The van der Waals surface area contributed by atoms with Gasteiger partial charge in [-0.15, -0.1) is 0 Å². The third-order valence-corrected chi connectivity index (χ3v) is 3.20. The van der Waals surface area contributed by atoms with E-state index in [2.05, 4.69) is 16.8 Å². The Kier molecular flexibility index (Phi) is 3.26. The normalized spacial score (nSPS) is 20.3. The number of likely N-dealkylation sites (tertiary alicyclic amines) is 1. The molecule has 1 fully saturated rings. The second kappa shape index (κ2) is 4.66. The van der Waals surface area contributed by atoms with Crippen LogP contribution in [0.15, 0.2) is 17.2 Å². The van der Waals surface area contributed by atoms with E-state index in [1.54, 1.807) is 10.8 Å². The van der Waals surface area contributed by atoms with Crippen LogP contribution in [0.2, 0.25) is 0 Å². The van der Waals surface area contributed by atoms with Crippen molar-refractivity contribution in [3.8, 4) is 0 Å². The molecule has 0 amide bonds. The average Bonchev–Trinajstić information content (AvgIpc) is 2.66. The van der Waals surface area contributed by atoms with Crippen LogP contribution in [-0.4, -0.2) is 33.6 Å². The summed E-state index contributed by atoms with van der Waals surface area (Å²) in [7, 11) is 0. The monoisotopic (exact) mass is 209 g/mol. The predicted octanol–water partition coefficient (Wildman–Crippen LogP) is 1.05. The quantitative estimate of drug-likeness (QED) is 0.808. The molecule has 0 spiro atoms. The second-order valence-corrected chi connectivity index (χ2v) is 4.36. The minimum absolute atomic E-state index is 0.00106. The van der Waals surface area contributed by atoms with Crippen LogP contribution in [-0.2, 0) is 6.54 Å². The van der Waals surface area contributed by atoms with E-state index in [-0.39, 0.29) is 5.69 Å². The summed E-state index contributed by atoms with van der Waals surface area (Å²) in [5, 5.41) is 0. The van der Waals surface area contributed by atoms with Crippen LogP contribution in [0.3, 0.4) is 0 Å². The summed E-state index contributed by atoms with van der Waals surface area (Å²) in [6.07, 6.45) is 7.47. The number of aromatic amines is 1. The molecule has 4 heteroatoms. The molecule has 2 heterocycles. The molecule has 1 aliphatic rings. The Labute approximate surface area is 89.9 Å². The summed E-state index contributed by atoms with van der Waals surface area (Å²) < 4.78 is 1.75. The highest BCUT2D eigenvalue weighted by atomic mass is 16.1. The van der Waals surface area contributed by atoms with Crippen LogP contribution >= 0.6 is 0 Å². The van der Waals surface area contributed by atoms with E-state index in [4.69, 9.17) is 0 Å². The molecule has 1 atom stereocenters. The molecule has 1 aromatic heterocycles. The number of nitrogens with zero attached hydrogens (tertiary/aromatic N) is 2. The van der Waals surface area contributed by atoms with Crippen molar-refractivity contribution in [1.82, 2.24) is 14.5 Å². The van der Waals surface area contributed by atoms with Gasteiger partial charge in [0.15, 0.2) is 0 Å². The number of imidazole rings is 1. The molecule has 2 rings (SSSR count). The molecule has 0 radical (unpaired) electrons. The van der Waals surface area contributed by atoms with Crippen molar-refractivity contribution in [3.05, 3.63) is 22.9 Å². The Hall–Kier alpha value is -1.03. The molecule has 84 valence electrons. The highest BCUT2D eigenvalue weighted by Gasteiger charge is 2.17. The zero-order chi connectivity index (χ0) is 10.7. The van der Waals surface area contributed by atoms with Crippen molar-refractivity contribution >= 4 is 0 Å². The highest BCUT2D eigenvalue weighted by molar-refractivity contribution is 4.79. The topological polar surface area (TPSA) is 41.0 Å². The predicted molar refractivity (Wildman–Crippen MR) is 59.9 cm³/mol. The molecule has 0 aliphatic carbocycles. The summed E-state index contributed by atoms with van der Waals surface area (Å²) in [5.41, 5.74) is -0.00106. The number of rotatable bonds is 3. The van der Waals surface area contributed by atoms with E-state index >= 15 is 0 Å². The smallest absolute Gasteiger partial charge is 0.313 e. The second-order valence-electron chi connectivity index (χ2n) is 4.36. The van der Waals surface area contributed by atoms with Gasteiger partial charge >= 0.3 is 5.69 Å². The first-order valence-electron chi connectivity index (χ1n) is 5.75. The number of H-pyrrole nitrogens is 1. The van der Waals surface area contributed by atoms with Crippen molar-refractivity contribution in [2.75, 3.05) is 13.1 Å². The fourth-order valence-corrected chi connectivity index (χ4v) is 2.25. The third-order valence-electron chi connectivity index (χ3n) is 3.20. The van der Waals surface area contributed by atoms with Crippen LogP contribution in [0, 0.1) is 0 Å². The molecule has 1 saturated heterocycles. The largest absolute Gasteiger partial charge is 0.325 e. The standard InChI is InChI=1S/C11H19N3O/c1-10(13-6-3-2-4-7-13)9-14-8-5-12-11(14)15/h5,8,10H,2-4,6-7,9H2,1H3,(H,12,15). The van der Waals surface area contributed by atoms with Crippen LogP contribution in [0.4, 0.5) is 0 Å². The molecule has 1 aromatic rings. The van der Waals surface area contributed by atoms with Crippen molar-refractivity contribution in [2.45, 2.75) is 38.8 Å². The maximum Gasteiger partial charge on any atom is 0.325 e. The molecule has 0 saturated carbocycles. The lowest BCUT2D eigenvalue weighted by atomic mass is 10.1. The Morgan fingerprint density at radius 2 is 2.13 bits per heavy atom. The van der Waals surface area contributed by atoms with Gasteiger partial charge in [0, 0.05) is 25.0 Å². The Morgan fingerprint density at radius 3 is 2.73 bits per heavy atom. The molecule has 1 unspecified atom stereocenters. The van der Waals surface area contributed by atoms with Gasteiger partial charge in [0.2, 0.25) is 0 Å². The molecule has 1 aliphatic heterocycles. The van der Waals surface area contributed by atoms with Gasteiger partial charge in [-0.2, -0.15) is 0 Å². The van der Waals surface area contributed by atoms with E-state index in [0.717, 1.165) is 6.54 Å². The minimum Gasteiger partial charge on any atom is -0.313 e. The molecule has 4 nitrogen and oxygen atoms in total. The maximum absolute atomic E-state index is 11.3. The summed E-state index contributed by atoms with van der Waals surface area (Å²) >= 11 is 0. The van der Waals surface area contributed by atoms with Gasteiger partial charge in [0.05, 0.1) is 0 Å². The highest BCUT2D eigenvalue weighted by Crippen LogP contribution is 2.12. The van der Waals surface area contributed by atoms with E-state index in [0.29, 0.717) is 6.04 Å². The fourth-order valence-electron chi connectivity index (χ4n) is 2.25. The molecular formula is C11H19N3O. The lowest BCUT2D eigenvalue weighted by molar-refractivity contribution is 0.159. The number of hydrogen-bond donors (Lipinski definition) is 1. The number of piperidine rings is 1. The first-order chi connectivity index (χ1) is 7.27. The Bertz CT molecular complexity index is 349. The van der Waals surface area contributed by atoms with Crippen LogP contribution in [0.1, 0.15) is 26.2 Å². The van der Waals surface area contributed by atoms with Gasteiger partial charge in [-0.1, -0.05) is 6.42 Å². The van der Waals surface area contributed by atoms with Gasteiger partial charge in [-0.25, -0.2) is 4.79 Å². The average molecular weight is 209 g/mol. The first-order valence-corrected chi connectivity index (χ1v) is 5.75. The van der Waals surface area contributed by atoms with E-state index in [9.17, 15) is 4.79 Å². The van der Waals surface area contributed by atoms with Gasteiger partial charge in [-0.3, -0.25) is 9.47 Å². The Balaban J connectivity index is 1.94. The van der Waals surface area contributed by atoms with Crippen LogP contribution < -0.4 is 5.69 Å². The van der Waals surface area contributed by atoms with Crippen molar-refractivity contribution in [2.24, 2.45) is 0 Å². The van der Waals surface area contributed by atoms with Gasteiger partial charge in [-0.05, 0) is 32.9 Å². The van der Waals surface area contributed by atoms with Crippen molar-refractivity contribution in [1.29, 1.82) is 0 Å². The first kappa shape index (κ1) is 10.5. The van der Waals surface area contributed by atoms with Crippen LogP contribution in [0.25, 0.3) is 0 Å². The molecular weight excluding hydrogens is 190 g/mol. The van der Waals surface area contributed by atoms with Gasteiger partial charge in [0.1, 0.15) is 0 Å². The SMILES string of the molecule is CC(Cn1cc[nH]c1=O)N1CCCCC1. The lowest BCUT2D eigenvalue weighted by Gasteiger charge is -2.32. The lowest BCUT2D eigenvalue weighted by Crippen LogP contribution is -2.41. The zero-order valence-corrected chi connectivity index (χ0v) is 9.28. The number of aromatic nitrogens is 2. The number of hydrogen-bond acceptors (Lipinski definition) is 2. The van der Waals surface area contributed by atoms with Gasteiger partial charge in [0.25, 0.3) is 0 Å². The molecule has 1 N–H and O–H groups in total. The fraction of sp³-hybridized carbons (Fsp3) is 0.727. The van der Waals surface area contributed by atoms with E-state index in [1.807, 2.05) is 6.20 Å². The summed E-state index contributed by atoms with van der Waals surface area (Å²) in [5.74, 6) is 0. The van der Waals surface area contributed by atoms with E-state index < -0.39 is 0 Å². The summed E-state index contributed by atoms with van der Waals surface area (Å²) in [6, 6.07) is 0.457. The van der Waals surface area contributed by atoms with Crippen molar-refractivity contribution < 1.29 is 0 Å². The maximum atomic E-state index is 11.3. The summed E-state index contributed by atoms with van der Waals surface area (Å²) in [6.45, 7) is 5.35. The minimum atomic E-state index is -0.00106. The molecule has 0 aromatic carbocycles. The van der Waals surface area contributed by atoms with Crippen LogP contribution in [0.5, 0.6) is 0 Å². The molecule has 0 bridgehead atoms. The van der Waals surface area contributed by atoms with E-state index in [1.165, 1.54) is 32.4 Å².